The highest BCUT2D eigenvalue weighted by molar-refractivity contribution is 5.85. The molecule has 0 amide bonds. The van der Waals surface area contributed by atoms with Crippen LogP contribution in [0, 0.1) is 13.8 Å². The SMILES string of the molecule is Cc1cc(C)cc(OC(O)Oc2ccc(/C=C/C(=O)O)cc2)c1. The fraction of sp³-hybridized carbons (Fsp3) is 0.167. The number of ether oxygens (including phenoxy) is 2. The molecule has 0 spiro atoms. The van der Waals surface area contributed by atoms with Crippen LogP contribution >= 0.6 is 0 Å². The van der Waals surface area contributed by atoms with E-state index in [1.807, 2.05) is 19.9 Å². The molecule has 5 nitrogen and oxygen atoms in total. The first-order valence-corrected chi connectivity index (χ1v) is 7.03. The summed E-state index contributed by atoms with van der Waals surface area (Å²) >= 11 is 0. The van der Waals surface area contributed by atoms with Crippen LogP contribution < -0.4 is 9.47 Å². The van der Waals surface area contributed by atoms with E-state index in [0.717, 1.165) is 17.2 Å². The largest absolute Gasteiger partial charge is 0.478 e. The Morgan fingerprint density at radius 1 is 1.00 bits per heavy atom. The van der Waals surface area contributed by atoms with Gasteiger partial charge < -0.3 is 19.7 Å². The van der Waals surface area contributed by atoms with Crippen molar-refractivity contribution in [1.29, 1.82) is 0 Å². The van der Waals surface area contributed by atoms with Crippen LogP contribution in [0.15, 0.2) is 48.5 Å². The lowest BCUT2D eigenvalue weighted by molar-refractivity contribution is -0.160. The van der Waals surface area contributed by atoms with Crippen molar-refractivity contribution in [3.05, 3.63) is 65.2 Å². The van der Waals surface area contributed by atoms with Crippen molar-refractivity contribution in [2.45, 2.75) is 20.3 Å². The average molecular weight is 314 g/mol. The predicted octanol–water partition coefficient (Wildman–Crippen LogP) is 3.13. The van der Waals surface area contributed by atoms with Crippen LogP contribution in [-0.2, 0) is 4.79 Å². The summed E-state index contributed by atoms with van der Waals surface area (Å²) in [4.78, 5) is 10.4. The van der Waals surface area contributed by atoms with Crippen LogP contribution in [-0.4, -0.2) is 22.7 Å². The van der Waals surface area contributed by atoms with Crippen molar-refractivity contribution in [1.82, 2.24) is 0 Å². The Bertz CT molecular complexity index is 684. The molecule has 2 rings (SSSR count). The molecule has 2 aromatic carbocycles. The third kappa shape index (κ3) is 5.48. The number of hydrogen-bond acceptors (Lipinski definition) is 4. The molecule has 0 heterocycles. The number of aliphatic hydroxyl groups is 1. The lowest BCUT2D eigenvalue weighted by Gasteiger charge is -2.15. The molecule has 2 aromatic rings. The first-order valence-electron chi connectivity index (χ1n) is 7.03. The normalized spacial score (nSPS) is 12.1. The summed E-state index contributed by atoms with van der Waals surface area (Å²) in [6, 6.07) is 12.2. The standard InChI is InChI=1S/C18H18O5/c1-12-9-13(2)11-16(10-12)23-18(21)22-15-6-3-14(4-7-15)5-8-17(19)20/h3-11,18,21H,1-2H3,(H,19,20)/b8-5+. The van der Waals surface area contributed by atoms with E-state index in [0.29, 0.717) is 17.1 Å². The smallest absolute Gasteiger partial charge is 0.358 e. The monoisotopic (exact) mass is 314 g/mol. The molecule has 5 heteroatoms. The van der Waals surface area contributed by atoms with Gasteiger partial charge in [-0.25, -0.2) is 4.79 Å². The third-order valence-electron chi connectivity index (χ3n) is 2.97. The Morgan fingerprint density at radius 2 is 1.57 bits per heavy atom. The number of aliphatic hydroxyl groups excluding tert-OH is 1. The molecule has 0 radical (unpaired) electrons. The zero-order valence-corrected chi connectivity index (χ0v) is 12.9. The van der Waals surface area contributed by atoms with Crippen molar-refractivity contribution in [2.75, 3.05) is 0 Å². The van der Waals surface area contributed by atoms with Gasteiger partial charge in [0.25, 0.3) is 0 Å². The first kappa shape index (κ1) is 16.6. The summed E-state index contributed by atoms with van der Waals surface area (Å²) in [5, 5.41) is 18.4. The highest BCUT2D eigenvalue weighted by atomic mass is 16.8. The molecular weight excluding hydrogens is 296 g/mol. The summed E-state index contributed by atoms with van der Waals surface area (Å²) in [6.07, 6.45) is 2.52. The van der Waals surface area contributed by atoms with Crippen LogP contribution in [0.4, 0.5) is 0 Å². The second kappa shape index (κ2) is 7.47. The molecule has 1 atom stereocenters. The molecule has 0 saturated heterocycles. The zero-order valence-electron chi connectivity index (χ0n) is 12.9. The maximum Gasteiger partial charge on any atom is 0.358 e. The fourth-order valence-corrected chi connectivity index (χ4v) is 2.08. The van der Waals surface area contributed by atoms with Crippen molar-refractivity contribution < 1.29 is 24.5 Å². The van der Waals surface area contributed by atoms with E-state index in [9.17, 15) is 9.90 Å². The van der Waals surface area contributed by atoms with Crippen LogP contribution in [0.1, 0.15) is 16.7 Å². The first-order chi connectivity index (χ1) is 10.9. The van der Waals surface area contributed by atoms with Gasteiger partial charge in [-0.2, -0.15) is 0 Å². The van der Waals surface area contributed by atoms with Gasteiger partial charge in [-0.3, -0.25) is 0 Å². The van der Waals surface area contributed by atoms with Crippen LogP contribution in [0.5, 0.6) is 11.5 Å². The van der Waals surface area contributed by atoms with Gasteiger partial charge in [0.2, 0.25) is 0 Å². The number of rotatable bonds is 6. The lowest BCUT2D eigenvalue weighted by Crippen LogP contribution is -2.23. The fourth-order valence-electron chi connectivity index (χ4n) is 2.08. The predicted molar refractivity (Wildman–Crippen MR) is 86.3 cm³/mol. The van der Waals surface area contributed by atoms with Gasteiger partial charge in [0.15, 0.2) is 0 Å². The molecule has 2 N–H and O–H groups in total. The Morgan fingerprint density at radius 3 is 2.13 bits per heavy atom. The van der Waals surface area contributed by atoms with Crippen LogP contribution in [0.25, 0.3) is 6.08 Å². The highest BCUT2D eigenvalue weighted by Gasteiger charge is 2.08. The highest BCUT2D eigenvalue weighted by Crippen LogP contribution is 2.19. The number of benzene rings is 2. The van der Waals surface area contributed by atoms with E-state index in [1.165, 1.54) is 6.08 Å². The Balaban J connectivity index is 1.97. The van der Waals surface area contributed by atoms with Gasteiger partial charge in [-0.15, -0.1) is 0 Å². The second-order valence-corrected chi connectivity index (χ2v) is 5.11. The molecule has 0 aromatic heterocycles. The summed E-state index contributed by atoms with van der Waals surface area (Å²) in [5.74, 6) is -0.0760. The van der Waals surface area contributed by atoms with Crippen LogP contribution in [0.3, 0.4) is 0 Å². The number of hydrogen-bond donors (Lipinski definition) is 2. The van der Waals surface area contributed by atoms with Gasteiger partial charge in [-0.05, 0) is 60.9 Å². The van der Waals surface area contributed by atoms with Gasteiger partial charge in [0.05, 0.1) is 0 Å². The molecule has 23 heavy (non-hydrogen) atoms. The summed E-state index contributed by atoms with van der Waals surface area (Å²) in [7, 11) is 0. The minimum atomic E-state index is -1.43. The Hall–Kier alpha value is -2.79. The topological polar surface area (TPSA) is 76.0 Å². The molecule has 1 unspecified atom stereocenters. The zero-order chi connectivity index (χ0) is 16.8. The van der Waals surface area contributed by atoms with Crippen molar-refractivity contribution in [3.8, 4) is 11.5 Å². The van der Waals surface area contributed by atoms with Crippen LogP contribution in [0.2, 0.25) is 0 Å². The minimum absolute atomic E-state index is 0.411. The maximum atomic E-state index is 10.4. The number of aliphatic carboxylic acids is 1. The summed E-state index contributed by atoms with van der Waals surface area (Å²) in [6.45, 7) is 2.45. The maximum absolute atomic E-state index is 10.4. The quantitative estimate of drug-likeness (QED) is 0.633. The van der Waals surface area contributed by atoms with E-state index < -0.39 is 12.4 Å². The number of aryl methyl sites for hydroxylation is 2. The number of carboxylic acid groups (broad SMARTS) is 1. The number of carboxylic acids is 1. The summed E-state index contributed by atoms with van der Waals surface area (Å²) in [5.41, 5.74) is 2.77. The average Bonchev–Trinajstić information content (AvgIpc) is 2.45. The lowest BCUT2D eigenvalue weighted by atomic mass is 10.1. The van der Waals surface area contributed by atoms with Gasteiger partial charge >= 0.3 is 12.4 Å². The Labute approximate surface area is 134 Å². The van der Waals surface area contributed by atoms with E-state index in [1.54, 1.807) is 36.4 Å². The van der Waals surface area contributed by atoms with Crippen molar-refractivity contribution >= 4 is 12.0 Å². The molecule has 0 aliphatic heterocycles. The number of carbonyl (C=O) groups is 1. The van der Waals surface area contributed by atoms with Crippen molar-refractivity contribution in [3.63, 3.8) is 0 Å². The van der Waals surface area contributed by atoms with E-state index >= 15 is 0 Å². The summed E-state index contributed by atoms with van der Waals surface area (Å²) < 4.78 is 10.6. The third-order valence-corrected chi connectivity index (χ3v) is 2.97. The van der Waals surface area contributed by atoms with Crippen molar-refractivity contribution in [2.24, 2.45) is 0 Å². The van der Waals surface area contributed by atoms with E-state index in [2.05, 4.69) is 0 Å². The molecule has 0 saturated carbocycles. The molecular formula is C18H18O5. The molecule has 0 aliphatic rings. The van der Waals surface area contributed by atoms with E-state index in [-0.39, 0.29) is 0 Å². The Kier molecular flexibility index (Phi) is 5.38. The second-order valence-electron chi connectivity index (χ2n) is 5.11. The molecule has 120 valence electrons. The van der Waals surface area contributed by atoms with E-state index in [4.69, 9.17) is 14.6 Å². The van der Waals surface area contributed by atoms with Gasteiger partial charge in [0.1, 0.15) is 11.5 Å². The molecule has 0 fully saturated rings. The molecule has 0 bridgehead atoms. The molecule has 0 aliphatic carbocycles. The van der Waals surface area contributed by atoms with Gasteiger partial charge in [-0.1, -0.05) is 18.2 Å². The minimum Gasteiger partial charge on any atom is -0.478 e. The van der Waals surface area contributed by atoms with Gasteiger partial charge in [0, 0.05) is 6.08 Å².